The Kier molecular flexibility index (Phi) is 5.70. The maximum Gasteiger partial charge on any atom is 0.223 e. The molecule has 122 valence electrons. The van der Waals surface area contributed by atoms with Crippen molar-refractivity contribution in [3.05, 3.63) is 0 Å². The minimum atomic E-state index is 0.317. The molecule has 1 amide bonds. The van der Waals surface area contributed by atoms with E-state index in [-0.39, 0.29) is 0 Å². The second kappa shape index (κ2) is 7.13. The third kappa shape index (κ3) is 4.98. The molecular formula is C18H34N2O. The van der Waals surface area contributed by atoms with Crippen LogP contribution < -0.4 is 5.32 Å². The van der Waals surface area contributed by atoms with Gasteiger partial charge < -0.3 is 10.2 Å². The number of piperidine rings is 1. The molecule has 21 heavy (non-hydrogen) atoms. The van der Waals surface area contributed by atoms with E-state index >= 15 is 0 Å². The fourth-order valence-corrected chi connectivity index (χ4v) is 4.33. The monoisotopic (exact) mass is 294 g/mol. The predicted molar refractivity (Wildman–Crippen MR) is 88.2 cm³/mol. The molecule has 0 aromatic heterocycles. The molecule has 2 aliphatic heterocycles. The number of likely N-dealkylation sites (tertiary alicyclic amines) is 1. The quantitative estimate of drug-likeness (QED) is 0.861. The SMILES string of the molecule is CC(CC(=O)N1CCCC1C1CCCNC1)CC(C)(C)C. The van der Waals surface area contributed by atoms with Gasteiger partial charge in [-0.1, -0.05) is 27.7 Å². The van der Waals surface area contributed by atoms with Crippen molar-refractivity contribution in [1.29, 1.82) is 0 Å². The van der Waals surface area contributed by atoms with E-state index in [9.17, 15) is 4.79 Å². The van der Waals surface area contributed by atoms with Crippen LogP contribution in [0.4, 0.5) is 0 Å². The number of carbonyl (C=O) groups excluding carboxylic acids is 1. The molecule has 0 radical (unpaired) electrons. The van der Waals surface area contributed by atoms with Gasteiger partial charge in [-0.2, -0.15) is 0 Å². The number of amides is 1. The van der Waals surface area contributed by atoms with Crippen molar-refractivity contribution in [3.8, 4) is 0 Å². The highest BCUT2D eigenvalue weighted by Crippen LogP contribution is 2.31. The van der Waals surface area contributed by atoms with Gasteiger partial charge in [-0.15, -0.1) is 0 Å². The third-order valence-corrected chi connectivity index (χ3v) is 4.98. The molecule has 2 saturated heterocycles. The Morgan fingerprint density at radius 2 is 2.05 bits per heavy atom. The van der Waals surface area contributed by atoms with Crippen LogP contribution in [0.25, 0.3) is 0 Å². The molecular weight excluding hydrogens is 260 g/mol. The Morgan fingerprint density at radius 3 is 2.67 bits per heavy atom. The van der Waals surface area contributed by atoms with E-state index in [4.69, 9.17) is 0 Å². The molecule has 2 aliphatic rings. The molecule has 3 unspecified atom stereocenters. The van der Waals surface area contributed by atoms with Crippen LogP contribution in [0.15, 0.2) is 0 Å². The van der Waals surface area contributed by atoms with Gasteiger partial charge in [-0.25, -0.2) is 0 Å². The topological polar surface area (TPSA) is 32.3 Å². The van der Waals surface area contributed by atoms with Gasteiger partial charge in [-0.05, 0) is 62.4 Å². The molecule has 0 bridgehead atoms. The van der Waals surface area contributed by atoms with Gasteiger partial charge in [0.15, 0.2) is 0 Å². The molecule has 3 nitrogen and oxygen atoms in total. The van der Waals surface area contributed by atoms with Crippen LogP contribution in [-0.2, 0) is 4.79 Å². The molecule has 2 heterocycles. The van der Waals surface area contributed by atoms with Crippen LogP contribution in [-0.4, -0.2) is 36.5 Å². The van der Waals surface area contributed by atoms with Crippen LogP contribution in [0.5, 0.6) is 0 Å². The molecule has 0 spiro atoms. The van der Waals surface area contributed by atoms with Gasteiger partial charge in [0.25, 0.3) is 0 Å². The maximum absolute atomic E-state index is 12.7. The first kappa shape index (κ1) is 16.8. The van der Waals surface area contributed by atoms with E-state index in [2.05, 4.69) is 37.9 Å². The van der Waals surface area contributed by atoms with Crippen LogP contribution >= 0.6 is 0 Å². The van der Waals surface area contributed by atoms with Crippen molar-refractivity contribution in [2.24, 2.45) is 17.3 Å². The zero-order valence-electron chi connectivity index (χ0n) is 14.5. The van der Waals surface area contributed by atoms with Crippen molar-refractivity contribution in [3.63, 3.8) is 0 Å². The summed E-state index contributed by atoms with van der Waals surface area (Å²) in [7, 11) is 0. The van der Waals surface area contributed by atoms with Gasteiger partial charge in [0.1, 0.15) is 0 Å². The first-order valence-electron chi connectivity index (χ1n) is 8.87. The van der Waals surface area contributed by atoms with Crippen molar-refractivity contribution < 1.29 is 4.79 Å². The summed E-state index contributed by atoms with van der Waals surface area (Å²) >= 11 is 0. The van der Waals surface area contributed by atoms with Crippen LogP contribution in [0.3, 0.4) is 0 Å². The predicted octanol–water partition coefficient (Wildman–Crippen LogP) is 3.44. The molecule has 3 atom stereocenters. The summed E-state index contributed by atoms with van der Waals surface area (Å²) in [5.41, 5.74) is 0.317. The number of carbonyl (C=O) groups is 1. The van der Waals surface area contributed by atoms with Gasteiger partial charge in [0.2, 0.25) is 5.91 Å². The lowest BCUT2D eigenvalue weighted by Crippen LogP contribution is -2.45. The summed E-state index contributed by atoms with van der Waals surface area (Å²) < 4.78 is 0. The highest BCUT2D eigenvalue weighted by atomic mass is 16.2. The average molecular weight is 294 g/mol. The molecule has 0 saturated carbocycles. The molecule has 2 fully saturated rings. The van der Waals surface area contributed by atoms with E-state index in [1.807, 2.05) is 0 Å². The van der Waals surface area contributed by atoms with E-state index in [0.717, 1.165) is 32.5 Å². The number of rotatable bonds is 4. The Hall–Kier alpha value is -0.570. The molecule has 2 rings (SSSR count). The van der Waals surface area contributed by atoms with E-state index in [0.29, 0.717) is 29.2 Å². The highest BCUT2D eigenvalue weighted by molar-refractivity contribution is 5.77. The summed E-state index contributed by atoms with van der Waals surface area (Å²) in [5, 5.41) is 3.51. The lowest BCUT2D eigenvalue weighted by atomic mass is 9.84. The zero-order valence-corrected chi connectivity index (χ0v) is 14.5. The first-order valence-corrected chi connectivity index (χ1v) is 8.87. The van der Waals surface area contributed by atoms with E-state index in [1.54, 1.807) is 0 Å². The Bertz CT molecular complexity index is 342. The summed E-state index contributed by atoms with van der Waals surface area (Å²) in [6, 6.07) is 0.507. The van der Waals surface area contributed by atoms with E-state index < -0.39 is 0 Å². The standard InChI is InChI=1S/C18H34N2O/c1-14(12-18(2,3)4)11-17(21)20-10-6-8-16(20)15-7-5-9-19-13-15/h14-16,19H,5-13H2,1-4H3. The molecule has 0 aliphatic carbocycles. The largest absolute Gasteiger partial charge is 0.339 e. The van der Waals surface area contributed by atoms with Gasteiger partial charge in [-0.3, -0.25) is 4.79 Å². The van der Waals surface area contributed by atoms with Crippen molar-refractivity contribution in [2.75, 3.05) is 19.6 Å². The molecule has 0 aromatic carbocycles. The number of hydrogen-bond acceptors (Lipinski definition) is 2. The normalized spacial score (nSPS) is 28.7. The zero-order chi connectivity index (χ0) is 15.5. The summed E-state index contributed by atoms with van der Waals surface area (Å²) in [6.07, 6.45) is 6.82. The second-order valence-electron chi connectivity index (χ2n) is 8.48. The van der Waals surface area contributed by atoms with Crippen molar-refractivity contribution >= 4 is 5.91 Å². The number of hydrogen-bond donors (Lipinski definition) is 1. The first-order chi connectivity index (χ1) is 9.87. The Balaban J connectivity index is 1.88. The summed E-state index contributed by atoms with van der Waals surface area (Å²) in [5.74, 6) is 1.58. The lowest BCUT2D eigenvalue weighted by molar-refractivity contribution is -0.134. The van der Waals surface area contributed by atoms with Gasteiger partial charge >= 0.3 is 0 Å². The Labute approximate surface area is 130 Å². The molecule has 0 aromatic rings. The Morgan fingerprint density at radius 1 is 1.29 bits per heavy atom. The van der Waals surface area contributed by atoms with Crippen LogP contribution in [0.1, 0.15) is 66.2 Å². The number of nitrogens with zero attached hydrogens (tertiary/aromatic N) is 1. The summed E-state index contributed by atoms with van der Waals surface area (Å²) in [4.78, 5) is 14.9. The van der Waals surface area contributed by atoms with Gasteiger partial charge in [0.05, 0.1) is 0 Å². The van der Waals surface area contributed by atoms with Crippen molar-refractivity contribution in [2.45, 2.75) is 72.3 Å². The minimum Gasteiger partial charge on any atom is -0.339 e. The smallest absolute Gasteiger partial charge is 0.223 e. The van der Waals surface area contributed by atoms with Crippen molar-refractivity contribution in [1.82, 2.24) is 10.2 Å². The average Bonchev–Trinajstić information content (AvgIpc) is 2.86. The minimum absolute atomic E-state index is 0.317. The molecule has 1 N–H and O–H groups in total. The fourth-order valence-electron chi connectivity index (χ4n) is 4.33. The second-order valence-corrected chi connectivity index (χ2v) is 8.48. The lowest BCUT2D eigenvalue weighted by Gasteiger charge is -2.35. The van der Waals surface area contributed by atoms with E-state index in [1.165, 1.54) is 25.7 Å². The highest BCUT2D eigenvalue weighted by Gasteiger charge is 2.35. The van der Waals surface area contributed by atoms with Gasteiger partial charge in [0, 0.05) is 19.0 Å². The number of nitrogens with one attached hydrogen (secondary N) is 1. The summed E-state index contributed by atoms with van der Waals surface area (Å²) in [6.45, 7) is 12.3. The molecule has 3 heteroatoms. The third-order valence-electron chi connectivity index (χ3n) is 4.98. The van der Waals surface area contributed by atoms with Crippen LogP contribution in [0.2, 0.25) is 0 Å². The fraction of sp³-hybridized carbons (Fsp3) is 0.944. The maximum atomic E-state index is 12.7. The van der Waals surface area contributed by atoms with Crippen LogP contribution in [0, 0.1) is 17.3 Å².